The number of hydrogen-bond donors (Lipinski definition) is 3. The molecule has 5 aromatic rings. The summed E-state index contributed by atoms with van der Waals surface area (Å²) in [4.78, 5) is 28.3. The number of nitrogens with one attached hydrogen (secondary N) is 3. The first-order valence-electron chi connectivity index (χ1n) is 11.8. The lowest BCUT2D eigenvalue weighted by molar-refractivity contribution is -0.122. The Balaban J connectivity index is 1.20. The molecule has 7 nitrogen and oxygen atoms in total. The van der Waals surface area contributed by atoms with Crippen molar-refractivity contribution in [2.45, 2.75) is 25.4 Å². The van der Waals surface area contributed by atoms with Crippen molar-refractivity contribution in [3.05, 3.63) is 93.5 Å². The molecule has 0 saturated carbocycles. The van der Waals surface area contributed by atoms with Gasteiger partial charge in [0.15, 0.2) is 0 Å². The number of H-pyrrole nitrogens is 2. The quantitative estimate of drug-likeness (QED) is 0.319. The van der Waals surface area contributed by atoms with Crippen molar-refractivity contribution in [1.29, 1.82) is 0 Å². The van der Waals surface area contributed by atoms with E-state index in [1.54, 1.807) is 19.1 Å². The van der Waals surface area contributed by atoms with Crippen LogP contribution >= 0.6 is 11.6 Å². The molecule has 8 heteroatoms. The van der Waals surface area contributed by atoms with Crippen LogP contribution in [0.5, 0.6) is 5.75 Å². The summed E-state index contributed by atoms with van der Waals surface area (Å²) in [6.45, 7) is 2.12. The first kappa shape index (κ1) is 22.4. The number of fused-ring (bicyclic) bond motifs is 3. The number of aromatic nitrogens is 3. The second-order valence-electron chi connectivity index (χ2n) is 9.12. The normalized spacial score (nSPS) is 15.6. The maximum Gasteiger partial charge on any atom is 0.272 e. The van der Waals surface area contributed by atoms with Crippen molar-refractivity contribution in [3.8, 4) is 16.9 Å². The molecular formula is C28H23ClN4O3. The molecule has 3 heterocycles. The monoisotopic (exact) mass is 498 g/mol. The zero-order chi connectivity index (χ0) is 24.8. The Bertz CT molecular complexity index is 1690. The molecule has 2 atom stereocenters. The number of aromatic amines is 2. The van der Waals surface area contributed by atoms with Crippen molar-refractivity contribution < 1.29 is 9.53 Å². The minimum absolute atomic E-state index is 0.185. The number of halogens is 1. The van der Waals surface area contributed by atoms with E-state index in [0.29, 0.717) is 34.5 Å². The van der Waals surface area contributed by atoms with Crippen LogP contribution in [0.1, 0.15) is 24.1 Å². The molecule has 2 aromatic heterocycles. The van der Waals surface area contributed by atoms with E-state index in [-0.39, 0.29) is 17.6 Å². The highest BCUT2D eigenvalue weighted by atomic mass is 35.5. The third-order valence-electron chi connectivity index (χ3n) is 6.76. The first-order valence-corrected chi connectivity index (χ1v) is 12.2. The number of benzene rings is 3. The third kappa shape index (κ3) is 3.91. The molecule has 0 bridgehead atoms. The van der Waals surface area contributed by atoms with Crippen LogP contribution < -0.4 is 15.6 Å². The average Bonchev–Trinajstić information content (AvgIpc) is 3.53. The molecule has 36 heavy (non-hydrogen) atoms. The molecule has 0 radical (unpaired) electrons. The van der Waals surface area contributed by atoms with E-state index in [1.165, 1.54) is 0 Å². The molecule has 1 amide bonds. The van der Waals surface area contributed by atoms with Crippen molar-refractivity contribution >= 4 is 39.2 Å². The Hall–Kier alpha value is -4.10. The van der Waals surface area contributed by atoms with Gasteiger partial charge in [-0.3, -0.25) is 9.59 Å². The highest BCUT2D eigenvalue weighted by molar-refractivity contribution is 6.31. The number of ether oxygens (including phenoxy) is 1. The highest BCUT2D eigenvalue weighted by Crippen LogP contribution is 2.41. The second-order valence-corrected chi connectivity index (χ2v) is 9.55. The van der Waals surface area contributed by atoms with E-state index in [9.17, 15) is 9.59 Å². The second kappa shape index (κ2) is 8.84. The summed E-state index contributed by atoms with van der Waals surface area (Å²) >= 11 is 6.46. The van der Waals surface area contributed by atoms with Crippen LogP contribution in [0, 0.1) is 0 Å². The highest BCUT2D eigenvalue weighted by Gasteiger charge is 2.28. The number of amides is 1. The summed E-state index contributed by atoms with van der Waals surface area (Å²) in [5, 5.41) is 12.6. The summed E-state index contributed by atoms with van der Waals surface area (Å²) in [7, 11) is 0. The van der Waals surface area contributed by atoms with Crippen molar-refractivity contribution in [2.24, 2.45) is 0 Å². The molecular weight excluding hydrogens is 476 g/mol. The van der Waals surface area contributed by atoms with Gasteiger partial charge in [0.05, 0.1) is 23.5 Å². The summed E-state index contributed by atoms with van der Waals surface area (Å²) in [6, 6.07) is 19.2. The lowest BCUT2D eigenvalue weighted by Gasteiger charge is -2.17. The summed E-state index contributed by atoms with van der Waals surface area (Å²) < 4.78 is 6.32. The van der Waals surface area contributed by atoms with Gasteiger partial charge in [-0.15, -0.1) is 0 Å². The topological polar surface area (TPSA) is 99.9 Å². The molecule has 6 rings (SSSR count). The summed E-state index contributed by atoms with van der Waals surface area (Å²) in [5.41, 5.74) is 4.31. The Morgan fingerprint density at radius 2 is 2.00 bits per heavy atom. The molecule has 0 saturated heterocycles. The van der Waals surface area contributed by atoms with Gasteiger partial charge in [0, 0.05) is 39.7 Å². The molecule has 0 unspecified atom stereocenters. The fraction of sp³-hybridized carbons (Fsp3) is 0.179. The number of rotatable bonds is 5. The third-order valence-corrected chi connectivity index (χ3v) is 6.98. The zero-order valence-corrected chi connectivity index (χ0v) is 20.2. The van der Waals surface area contributed by atoms with Crippen LogP contribution in [0.3, 0.4) is 0 Å². The predicted octanol–water partition coefficient (Wildman–Crippen LogP) is 4.95. The minimum Gasteiger partial charge on any atom is -0.487 e. The van der Waals surface area contributed by atoms with E-state index in [2.05, 4.69) is 26.6 Å². The van der Waals surface area contributed by atoms with Gasteiger partial charge >= 0.3 is 0 Å². The largest absolute Gasteiger partial charge is 0.487 e. The first-order chi connectivity index (χ1) is 17.5. The van der Waals surface area contributed by atoms with Crippen LogP contribution in [-0.2, 0) is 11.2 Å². The molecule has 3 aromatic carbocycles. The van der Waals surface area contributed by atoms with E-state index < -0.39 is 5.92 Å². The fourth-order valence-corrected chi connectivity index (χ4v) is 5.14. The number of nitrogens with zero attached hydrogens (tertiary/aromatic N) is 1. The SMILES string of the molecule is C[C@H](C(=O)NC[C@@H]1Cc2cc(Cl)cc(-c3ccc4[nH]ccc4c3)c2O1)c1n[nH]c(=O)c2ccccc12. The average molecular weight is 499 g/mol. The molecule has 3 N–H and O–H groups in total. The molecule has 1 aliphatic heterocycles. The van der Waals surface area contributed by atoms with Gasteiger partial charge < -0.3 is 15.0 Å². The molecule has 0 fully saturated rings. The van der Waals surface area contributed by atoms with E-state index in [0.717, 1.165) is 33.3 Å². The van der Waals surface area contributed by atoms with Crippen molar-refractivity contribution in [1.82, 2.24) is 20.5 Å². The minimum atomic E-state index is -0.548. The van der Waals surface area contributed by atoms with Crippen LogP contribution in [0.25, 0.3) is 32.8 Å². The Morgan fingerprint density at radius 3 is 2.86 bits per heavy atom. The van der Waals surface area contributed by atoms with Crippen LogP contribution in [0.15, 0.2) is 71.7 Å². The van der Waals surface area contributed by atoms with Gasteiger partial charge in [0.25, 0.3) is 5.56 Å². The molecule has 180 valence electrons. The standard InChI is InChI=1S/C28H23ClN4O3/c1-15(25-21-4-2-3-5-22(21)28(35)33-32-25)27(34)31-14-20-12-18-11-19(29)13-23(26(18)36-20)16-6-7-24-17(10-16)8-9-30-24/h2-11,13,15,20,30H,12,14H2,1H3,(H,31,34)(H,33,35)/t15-,20-/m0/s1. The van der Waals surface area contributed by atoms with Gasteiger partial charge in [0.1, 0.15) is 11.9 Å². The number of hydrogen-bond acceptors (Lipinski definition) is 4. The lowest BCUT2D eigenvalue weighted by Crippen LogP contribution is -2.37. The zero-order valence-electron chi connectivity index (χ0n) is 19.5. The number of carbonyl (C=O) groups excluding carboxylic acids is 1. The van der Waals surface area contributed by atoms with Gasteiger partial charge in [0.2, 0.25) is 5.91 Å². The fourth-order valence-electron chi connectivity index (χ4n) is 4.90. The summed E-state index contributed by atoms with van der Waals surface area (Å²) in [6.07, 6.45) is 2.34. The molecule has 0 aliphatic carbocycles. The predicted molar refractivity (Wildman–Crippen MR) is 141 cm³/mol. The molecule has 0 spiro atoms. The van der Waals surface area contributed by atoms with E-state index >= 15 is 0 Å². The van der Waals surface area contributed by atoms with Crippen LogP contribution in [-0.4, -0.2) is 33.7 Å². The van der Waals surface area contributed by atoms with Gasteiger partial charge in [-0.1, -0.05) is 35.9 Å². The smallest absolute Gasteiger partial charge is 0.272 e. The van der Waals surface area contributed by atoms with Crippen LogP contribution in [0.4, 0.5) is 0 Å². The Labute approximate surface area is 211 Å². The van der Waals surface area contributed by atoms with E-state index in [1.807, 2.05) is 48.7 Å². The van der Waals surface area contributed by atoms with E-state index in [4.69, 9.17) is 16.3 Å². The molecule has 1 aliphatic rings. The van der Waals surface area contributed by atoms with Gasteiger partial charge in [-0.2, -0.15) is 5.10 Å². The maximum atomic E-state index is 13.0. The van der Waals surface area contributed by atoms with Gasteiger partial charge in [-0.25, -0.2) is 5.10 Å². The van der Waals surface area contributed by atoms with Gasteiger partial charge in [-0.05, 0) is 54.3 Å². The number of carbonyl (C=O) groups is 1. The lowest BCUT2D eigenvalue weighted by atomic mass is 9.99. The van der Waals surface area contributed by atoms with Crippen LogP contribution in [0.2, 0.25) is 5.02 Å². The Morgan fingerprint density at radius 1 is 1.17 bits per heavy atom. The van der Waals surface area contributed by atoms with Crippen molar-refractivity contribution in [3.63, 3.8) is 0 Å². The Kier molecular flexibility index (Phi) is 5.49. The summed E-state index contributed by atoms with van der Waals surface area (Å²) in [5.74, 6) is 0.0684. The maximum absolute atomic E-state index is 13.0. The van der Waals surface area contributed by atoms with Crippen molar-refractivity contribution in [2.75, 3.05) is 6.54 Å².